The van der Waals surface area contributed by atoms with E-state index in [9.17, 15) is 4.79 Å². The van der Waals surface area contributed by atoms with Crippen LogP contribution in [0.4, 0.5) is 0 Å². The van der Waals surface area contributed by atoms with E-state index < -0.39 is 0 Å². The van der Waals surface area contributed by atoms with Crippen molar-refractivity contribution in [3.05, 3.63) is 53.6 Å². The molecule has 2 heterocycles. The van der Waals surface area contributed by atoms with E-state index in [4.69, 9.17) is 9.47 Å². The quantitative estimate of drug-likeness (QED) is 0.918. The zero-order valence-electron chi connectivity index (χ0n) is 13.4. The fourth-order valence-corrected chi connectivity index (χ4v) is 2.99. The third-order valence-electron chi connectivity index (χ3n) is 4.20. The van der Waals surface area contributed by atoms with Gasteiger partial charge in [0.1, 0.15) is 5.82 Å². The molecule has 0 aliphatic carbocycles. The van der Waals surface area contributed by atoms with Gasteiger partial charge in [-0.3, -0.25) is 4.79 Å². The van der Waals surface area contributed by atoms with Gasteiger partial charge in [0, 0.05) is 45.1 Å². The van der Waals surface area contributed by atoms with E-state index in [1.165, 1.54) is 0 Å². The summed E-state index contributed by atoms with van der Waals surface area (Å²) in [5, 5.41) is 0. The largest absolute Gasteiger partial charge is 0.380 e. The Morgan fingerprint density at radius 2 is 2.13 bits per heavy atom. The molecule has 3 rings (SSSR count). The molecule has 23 heavy (non-hydrogen) atoms. The van der Waals surface area contributed by atoms with Crippen molar-refractivity contribution in [2.75, 3.05) is 20.8 Å². The third kappa shape index (κ3) is 3.28. The lowest BCUT2D eigenvalue weighted by atomic mass is 10.1. The molecular weight excluding hydrogens is 294 g/mol. The SMILES string of the molecule is COCc1ccc(C(=O)N2C[C@H](OC)CC2c2ncc[nH]2)cc1. The molecule has 0 saturated carbocycles. The van der Waals surface area contributed by atoms with Crippen LogP contribution in [-0.4, -0.2) is 47.6 Å². The lowest BCUT2D eigenvalue weighted by Gasteiger charge is -2.23. The molecule has 0 radical (unpaired) electrons. The number of amides is 1. The number of carbonyl (C=O) groups is 1. The maximum absolute atomic E-state index is 12.9. The zero-order chi connectivity index (χ0) is 16.2. The van der Waals surface area contributed by atoms with Crippen molar-refractivity contribution in [1.82, 2.24) is 14.9 Å². The Labute approximate surface area is 135 Å². The average Bonchev–Trinajstić information content (AvgIpc) is 3.24. The van der Waals surface area contributed by atoms with E-state index in [0.29, 0.717) is 18.7 Å². The maximum Gasteiger partial charge on any atom is 0.254 e. The summed E-state index contributed by atoms with van der Waals surface area (Å²) >= 11 is 0. The number of aromatic nitrogens is 2. The molecule has 1 aromatic carbocycles. The van der Waals surface area contributed by atoms with E-state index >= 15 is 0 Å². The normalized spacial score (nSPS) is 20.9. The van der Waals surface area contributed by atoms with Gasteiger partial charge in [0.05, 0.1) is 18.8 Å². The van der Waals surface area contributed by atoms with Crippen LogP contribution in [0.1, 0.15) is 34.2 Å². The predicted octanol–water partition coefficient (Wildman–Crippen LogP) is 2.16. The Morgan fingerprint density at radius 1 is 1.35 bits per heavy atom. The molecule has 2 atom stereocenters. The molecule has 1 N–H and O–H groups in total. The van der Waals surface area contributed by atoms with Crippen LogP contribution >= 0.6 is 0 Å². The molecule has 1 unspecified atom stereocenters. The van der Waals surface area contributed by atoms with Crippen molar-refractivity contribution in [3.8, 4) is 0 Å². The number of likely N-dealkylation sites (tertiary alicyclic amines) is 1. The van der Waals surface area contributed by atoms with Gasteiger partial charge in [-0.2, -0.15) is 0 Å². The lowest BCUT2D eigenvalue weighted by Crippen LogP contribution is -2.32. The number of nitrogens with zero attached hydrogens (tertiary/aromatic N) is 2. The van der Waals surface area contributed by atoms with Gasteiger partial charge in [-0.05, 0) is 17.7 Å². The highest BCUT2D eigenvalue weighted by Gasteiger charge is 2.38. The standard InChI is InChI=1S/C17H21N3O3/c1-22-11-12-3-5-13(6-4-12)17(21)20-10-14(23-2)9-15(20)16-18-7-8-19-16/h3-8,14-15H,9-11H2,1-2H3,(H,18,19)/t14-,15?/m1/s1. The van der Waals surface area contributed by atoms with Gasteiger partial charge in [0.15, 0.2) is 0 Å². The molecular formula is C17H21N3O3. The highest BCUT2D eigenvalue weighted by molar-refractivity contribution is 5.94. The van der Waals surface area contributed by atoms with Crippen molar-refractivity contribution >= 4 is 5.91 Å². The highest BCUT2D eigenvalue weighted by atomic mass is 16.5. The summed E-state index contributed by atoms with van der Waals surface area (Å²) in [6.45, 7) is 1.11. The van der Waals surface area contributed by atoms with Gasteiger partial charge in [0.25, 0.3) is 5.91 Å². The third-order valence-corrected chi connectivity index (χ3v) is 4.20. The number of methoxy groups -OCH3 is 2. The molecule has 1 aromatic heterocycles. The number of H-pyrrole nitrogens is 1. The Morgan fingerprint density at radius 3 is 2.74 bits per heavy atom. The zero-order valence-corrected chi connectivity index (χ0v) is 13.4. The molecule has 1 fully saturated rings. The van der Waals surface area contributed by atoms with Gasteiger partial charge in [-0.15, -0.1) is 0 Å². The van der Waals surface area contributed by atoms with Crippen LogP contribution in [0.2, 0.25) is 0 Å². The minimum Gasteiger partial charge on any atom is -0.380 e. The number of nitrogens with one attached hydrogen (secondary N) is 1. The molecule has 0 bridgehead atoms. The minimum atomic E-state index is -0.0823. The Hall–Kier alpha value is -2.18. The number of hydrogen-bond donors (Lipinski definition) is 1. The number of imidazole rings is 1. The second kappa shape index (κ2) is 6.93. The number of rotatable bonds is 5. The Bertz CT molecular complexity index is 640. The first-order chi connectivity index (χ1) is 11.2. The van der Waals surface area contributed by atoms with E-state index in [2.05, 4.69) is 9.97 Å². The number of hydrogen-bond acceptors (Lipinski definition) is 4. The monoisotopic (exact) mass is 315 g/mol. The smallest absolute Gasteiger partial charge is 0.254 e. The first kappa shape index (κ1) is 15.7. The summed E-state index contributed by atoms with van der Waals surface area (Å²) in [7, 11) is 3.33. The van der Waals surface area contributed by atoms with Crippen molar-refractivity contribution in [2.45, 2.75) is 25.2 Å². The summed E-state index contributed by atoms with van der Waals surface area (Å²) in [4.78, 5) is 22.1. The summed E-state index contributed by atoms with van der Waals surface area (Å²) < 4.78 is 10.6. The molecule has 1 amide bonds. The van der Waals surface area contributed by atoms with Gasteiger partial charge in [-0.25, -0.2) is 4.98 Å². The van der Waals surface area contributed by atoms with Crippen molar-refractivity contribution in [2.24, 2.45) is 0 Å². The summed E-state index contributed by atoms with van der Waals surface area (Å²) in [6, 6.07) is 7.44. The number of ether oxygens (including phenoxy) is 2. The average molecular weight is 315 g/mol. The first-order valence-electron chi connectivity index (χ1n) is 7.64. The van der Waals surface area contributed by atoms with E-state index in [1.807, 2.05) is 29.2 Å². The first-order valence-corrected chi connectivity index (χ1v) is 7.64. The topological polar surface area (TPSA) is 67.4 Å². The van der Waals surface area contributed by atoms with Crippen LogP contribution in [0.15, 0.2) is 36.7 Å². The van der Waals surface area contributed by atoms with E-state index in [1.54, 1.807) is 26.6 Å². The molecule has 1 aliphatic heterocycles. The van der Waals surface area contributed by atoms with E-state index in [-0.39, 0.29) is 18.1 Å². The highest BCUT2D eigenvalue weighted by Crippen LogP contribution is 2.32. The fourth-order valence-electron chi connectivity index (χ4n) is 2.99. The van der Waals surface area contributed by atoms with Crippen LogP contribution in [0.25, 0.3) is 0 Å². The summed E-state index contributed by atoms with van der Waals surface area (Å²) in [6.07, 6.45) is 4.26. The van der Waals surface area contributed by atoms with Gasteiger partial charge in [0.2, 0.25) is 0 Å². The van der Waals surface area contributed by atoms with E-state index in [0.717, 1.165) is 17.8 Å². The van der Waals surface area contributed by atoms with Crippen LogP contribution in [0.3, 0.4) is 0 Å². The Kier molecular flexibility index (Phi) is 4.73. The Balaban J connectivity index is 1.81. The van der Waals surface area contributed by atoms with Crippen molar-refractivity contribution in [1.29, 1.82) is 0 Å². The van der Waals surface area contributed by atoms with Gasteiger partial charge in [-0.1, -0.05) is 12.1 Å². The van der Waals surface area contributed by atoms with Crippen molar-refractivity contribution < 1.29 is 14.3 Å². The number of aromatic amines is 1. The van der Waals surface area contributed by atoms with Gasteiger partial charge >= 0.3 is 0 Å². The fraction of sp³-hybridized carbons (Fsp3) is 0.412. The van der Waals surface area contributed by atoms with Crippen LogP contribution < -0.4 is 0 Å². The van der Waals surface area contributed by atoms with Crippen LogP contribution in [-0.2, 0) is 16.1 Å². The molecule has 0 spiro atoms. The maximum atomic E-state index is 12.9. The second-order valence-corrected chi connectivity index (χ2v) is 5.67. The van der Waals surface area contributed by atoms with Gasteiger partial charge < -0.3 is 19.4 Å². The molecule has 1 aliphatic rings. The molecule has 122 valence electrons. The lowest BCUT2D eigenvalue weighted by molar-refractivity contribution is 0.0684. The second-order valence-electron chi connectivity index (χ2n) is 5.67. The molecule has 2 aromatic rings. The predicted molar refractivity (Wildman–Crippen MR) is 84.9 cm³/mol. The number of carbonyl (C=O) groups excluding carboxylic acids is 1. The number of benzene rings is 1. The summed E-state index contributed by atoms with van der Waals surface area (Å²) in [5.41, 5.74) is 1.71. The van der Waals surface area contributed by atoms with Crippen molar-refractivity contribution in [3.63, 3.8) is 0 Å². The molecule has 6 heteroatoms. The molecule has 1 saturated heterocycles. The summed E-state index contributed by atoms with van der Waals surface area (Å²) in [5.74, 6) is 0.795. The minimum absolute atomic E-state index is 0.00471. The molecule has 6 nitrogen and oxygen atoms in total. The van der Waals surface area contributed by atoms with Crippen LogP contribution in [0, 0.1) is 0 Å². The van der Waals surface area contributed by atoms with Crippen LogP contribution in [0.5, 0.6) is 0 Å².